The second kappa shape index (κ2) is 8.99. The molecule has 0 fully saturated rings. The van der Waals surface area contributed by atoms with Gasteiger partial charge in [0.15, 0.2) is 12.4 Å². The molecule has 0 radical (unpaired) electrons. The summed E-state index contributed by atoms with van der Waals surface area (Å²) >= 11 is 0. The van der Waals surface area contributed by atoms with E-state index >= 15 is 0 Å². The van der Waals surface area contributed by atoms with Gasteiger partial charge in [-0.1, -0.05) is 0 Å². The van der Waals surface area contributed by atoms with Crippen molar-refractivity contribution >= 4 is 23.6 Å². The maximum absolute atomic E-state index is 11.8. The molecule has 1 aromatic heterocycles. The Balaban J connectivity index is 1.93. The average molecular weight is 377 g/mol. The summed E-state index contributed by atoms with van der Waals surface area (Å²) in [7, 11) is 1.15. The fraction of sp³-hybridized carbons (Fsp3) is 0.188. The van der Waals surface area contributed by atoms with Crippen molar-refractivity contribution in [1.29, 1.82) is 0 Å². The molecule has 0 aliphatic rings. The van der Waals surface area contributed by atoms with Crippen LogP contribution in [0, 0.1) is 10.1 Å². The first-order valence-electron chi connectivity index (χ1n) is 7.50. The van der Waals surface area contributed by atoms with Crippen molar-refractivity contribution < 1.29 is 33.2 Å². The second-order valence-electron chi connectivity index (χ2n) is 5.03. The smallest absolute Gasteiger partial charge is 0.337 e. The van der Waals surface area contributed by atoms with Crippen molar-refractivity contribution in [2.75, 3.05) is 13.7 Å². The number of hydrogen-bond donors (Lipinski definition) is 2. The summed E-state index contributed by atoms with van der Waals surface area (Å²) in [5.41, 5.74) is -0.438. The molecule has 0 saturated heterocycles. The van der Waals surface area contributed by atoms with Crippen LogP contribution in [0.1, 0.15) is 16.1 Å². The number of nitro benzene ring substituents is 1. The molecule has 0 atom stereocenters. The molecule has 11 nitrogen and oxygen atoms in total. The van der Waals surface area contributed by atoms with Gasteiger partial charge in [0.05, 0.1) is 30.4 Å². The number of carbonyl (C=O) groups excluding carboxylic acids is 3. The van der Waals surface area contributed by atoms with Gasteiger partial charge in [0, 0.05) is 12.1 Å². The highest BCUT2D eigenvalue weighted by molar-refractivity contribution is 5.95. The van der Waals surface area contributed by atoms with Crippen LogP contribution in [0.15, 0.2) is 41.0 Å². The maximum Gasteiger partial charge on any atom is 0.337 e. The van der Waals surface area contributed by atoms with Crippen molar-refractivity contribution in [3.63, 3.8) is 0 Å². The Morgan fingerprint density at radius 1 is 1.26 bits per heavy atom. The number of urea groups is 1. The third-order valence-electron chi connectivity index (χ3n) is 3.19. The number of carbonyl (C=O) groups is 3. The third kappa shape index (κ3) is 5.56. The van der Waals surface area contributed by atoms with Gasteiger partial charge in [-0.2, -0.15) is 0 Å². The monoisotopic (exact) mass is 377 g/mol. The molecule has 0 aliphatic carbocycles. The van der Waals surface area contributed by atoms with Gasteiger partial charge in [-0.3, -0.25) is 20.2 Å². The fourth-order valence-electron chi connectivity index (χ4n) is 1.96. The highest BCUT2D eigenvalue weighted by Gasteiger charge is 2.20. The van der Waals surface area contributed by atoms with Crippen molar-refractivity contribution in [3.05, 3.63) is 58.0 Å². The highest BCUT2D eigenvalue weighted by atomic mass is 16.6. The molecule has 11 heteroatoms. The van der Waals surface area contributed by atoms with Crippen LogP contribution in [-0.2, 0) is 16.1 Å². The summed E-state index contributed by atoms with van der Waals surface area (Å²) in [6, 6.07) is 5.81. The Morgan fingerprint density at radius 3 is 2.67 bits per heavy atom. The molecule has 0 saturated carbocycles. The summed E-state index contributed by atoms with van der Waals surface area (Å²) in [5.74, 6) is -1.39. The molecule has 0 unspecified atom stereocenters. The molecular formula is C16H15N3O8. The molecule has 2 N–H and O–H groups in total. The lowest BCUT2D eigenvalue weighted by molar-refractivity contribution is -0.385. The standard InChI is InChI=1S/C16H15N3O8/c1-25-15(21)10-4-5-12(19(23)24)13(7-10)27-9-14(20)18-16(22)17-8-11-3-2-6-26-11/h2-7H,8-9H2,1H3,(H2,17,18,20,22). The first kappa shape index (κ1) is 19.4. The lowest BCUT2D eigenvalue weighted by Gasteiger charge is -2.09. The summed E-state index contributed by atoms with van der Waals surface area (Å²) in [5, 5.41) is 15.4. The number of methoxy groups -OCH3 is 1. The zero-order valence-electron chi connectivity index (χ0n) is 14.1. The van der Waals surface area contributed by atoms with E-state index in [1.165, 1.54) is 12.3 Å². The third-order valence-corrected chi connectivity index (χ3v) is 3.19. The Bertz CT molecular complexity index is 847. The zero-order chi connectivity index (χ0) is 19.8. The molecule has 1 heterocycles. The molecule has 0 spiro atoms. The van der Waals surface area contributed by atoms with Crippen molar-refractivity contribution in [1.82, 2.24) is 10.6 Å². The van der Waals surface area contributed by atoms with E-state index in [0.717, 1.165) is 19.2 Å². The van der Waals surface area contributed by atoms with Gasteiger partial charge < -0.3 is 19.2 Å². The summed E-state index contributed by atoms with van der Waals surface area (Å²) in [4.78, 5) is 45.2. The number of rotatable bonds is 7. The van der Waals surface area contributed by atoms with Crippen LogP contribution in [0.4, 0.5) is 10.5 Å². The van der Waals surface area contributed by atoms with E-state index < -0.39 is 35.1 Å². The van der Waals surface area contributed by atoms with E-state index in [0.29, 0.717) is 5.76 Å². The van der Waals surface area contributed by atoms with E-state index in [4.69, 9.17) is 9.15 Å². The number of nitro groups is 1. The van der Waals surface area contributed by atoms with Gasteiger partial charge in [-0.15, -0.1) is 0 Å². The van der Waals surface area contributed by atoms with Gasteiger partial charge in [0.25, 0.3) is 5.91 Å². The molecule has 0 aliphatic heterocycles. The number of nitrogens with zero attached hydrogens (tertiary/aromatic N) is 1. The van der Waals surface area contributed by atoms with Gasteiger partial charge in [-0.25, -0.2) is 9.59 Å². The molecule has 27 heavy (non-hydrogen) atoms. The van der Waals surface area contributed by atoms with E-state index in [1.807, 2.05) is 5.32 Å². The number of hydrogen-bond acceptors (Lipinski definition) is 8. The molecule has 142 valence electrons. The summed E-state index contributed by atoms with van der Waals surface area (Å²) in [6.45, 7) is -0.612. The Kier molecular flexibility index (Phi) is 6.47. The zero-order valence-corrected chi connectivity index (χ0v) is 14.1. The summed E-state index contributed by atoms with van der Waals surface area (Å²) in [6.07, 6.45) is 1.43. The van der Waals surface area contributed by atoms with Gasteiger partial charge >= 0.3 is 17.7 Å². The minimum Gasteiger partial charge on any atom is -0.477 e. The Labute approximate surface area is 152 Å². The number of ether oxygens (including phenoxy) is 2. The van der Waals surface area contributed by atoms with Crippen LogP contribution in [0.2, 0.25) is 0 Å². The van der Waals surface area contributed by atoms with Gasteiger partial charge in [0.2, 0.25) is 0 Å². The van der Waals surface area contributed by atoms with Crippen molar-refractivity contribution in [2.24, 2.45) is 0 Å². The number of furan rings is 1. The van der Waals surface area contributed by atoms with Crippen LogP contribution in [0.25, 0.3) is 0 Å². The lowest BCUT2D eigenvalue weighted by Crippen LogP contribution is -2.41. The topological polar surface area (TPSA) is 150 Å². The van der Waals surface area contributed by atoms with Crippen LogP contribution in [0.5, 0.6) is 5.75 Å². The molecule has 2 rings (SSSR count). The van der Waals surface area contributed by atoms with Gasteiger partial charge in [-0.05, 0) is 18.2 Å². The molecule has 2 aromatic rings. The van der Waals surface area contributed by atoms with Gasteiger partial charge in [0.1, 0.15) is 5.76 Å². The number of esters is 1. The Hall–Kier alpha value is -3.89. The van der Waals surface area contributed by atoms with Crippen LogP contribution < -0.4 is 15.4 Å². The van der Waals surface area contributed by atoms with E-state index in [9.17, 15) is 24.5 Å². The lowest BCUT2D eigenvalue weighted by atomic mass is 10.2. The van der Waals surface area contributed by atoms with Crippen LogP contribution in [-0.4, -0.2) is 36.5 Å². The first-order valence-corrected chi connectivity index (χ1v) is 7.50. The number of benzene rings is 1. The first-order chi connectivity index (χ1) is 12.9. The normalized spacial score (nSPS) is 9.96. The largest absolute Gasteiger partial charge is 0.477 e. The second-order valence-corrected chi connectivity index (χ2v) is 5.03. The van der Waals surface area contributed by atoms with Crippen molar-refractivity contribution in [2.45, 2.75) is 6.54 Å². The minimum atomic E-state index is -0.843. The fourth-order valence-corrected chi connectivity index (χ4v) is 1.96. The SMILES string of the molecule is COC(=O)c1ccc([N+](=O)[O-])c(OCC(=O)NC(=O)NCc2ccco2)c1. The van der Waals surface area contributed by atoms with Crippen LogP contribution in [0.3, 0.4) is 0 Å². The number of amides is 3. The molecule has 1 aromatic carbocycles. The minimum absolute atomic E-state index is 0.00898. The predicted octanol–water partition coefficient (Wildman–Crippen LogP) is 1.38. The molecule has 0 bridgehead atoms. The quantitative estimate of drug-likeness (QED) is 0.417. The highest BCUT2D eigenvalue weighted by Crippen LogP contribution is 2.28. The maximum atomic E-state index is 11.8. The Morgan fingerprint density at radius 2 is 2.04 bits per heavy atom. The predicted molar refractivity (Wildman–Crippen MR) is 89.0 cm³/mol. The van der Waals surface area contributed by atoms with Crippen LogP contribution >= 0.6 is 0 Å². The number of imide groups is 1. The van der Waals surface area contributed by atoms with E-state index in [2.05, 4.69) is 10.1 Å². The van der Waals surface area contributed by atoms with E-state index in [-0.39, 0.29) is 17.9 Å². The van der Waals surface area contributed by atoms with Crippen molar-refractivity contribution in [3.8, 4) is 5.75 Å². The average Bonchev–Trinajstić information content (AvgIpc) is 3.17. The molecular weight excluding hydrogens is 362 g/mol. The van der Waals surface area contributed by atoms with E-state index in [1.54, 1.807) is 12.1 Å². The summed E-state index contributed by atoms with van der Waals surface area (Å²) < 4.78 is 14.6. The number of nitrogens with one attached hydrogen (secondary N) is 2. The molecule has 3 amide bonds.